The highest BCUT2D eigenvalue weighted by Crippen LogP contribution is 2.23. The van der Waals surface area contributed by atoms with Crippen molar-refractivity contribution in [3.63, 3.8) is 0 Å². The fourth-order valence-corrected chi connectivity index (χ4v) is 1.93. The molecule has 1 amide bonds. The van der Waals surface area contributed by atoms with Crippen LogP contribution in [0.15, 0.2) is 24.4 Å². The molecular weight excluding hydrogens is 264 g/mol. The lowest BCUT2D eigenvalue weighted by Gasteiger charge is -2.10. The first kappa shape index (κ1) is 14.0. The molecule has 1 aromatic heterocycles. The molecule has 1 aromatic carbocycles. The second-order valence-corrected chi connectivity index (χ2v) is 4.45. The average molecular weight is 279 g/mol. The third-order valence-electron chi connectivity index (χ3n) is 3.01. The van der Waals surface area contributed by atoms with Gasteiger partial charge in [-0.3, -0.25) is 4.79 Å². The summed E-state index contributed by atoms with van der Waals surface area (Å²) in [5, 5.41) is 2.26. The summed E-state index contributed by atoms with van der Waals surface area (Å²) in [6.07, 6.45) is 1.60. The zero-order valence-electron chi connectivity index (χ0n) is 11.2. The van der Waals surface area contributed by atoms with Gasteiger partial charge in [-0.15, -0.1) is 0 Å². The summed E-state index contributed by atoms with van der Waals surface area (Å²) in [5.74, 6) is -2.20. The van der Waals surface area contributed by atoms with E-state index in [1.54, 1.807) is 10.8 Å². The van der Waals surface area contributed by atoms with Crippen LogP contribution in [0.5, 0.6) is 0 Å². The normalized spacial score (nSPS) is 10.6. The maximum absolute atomic E-state index is 13.8. The second-order valence-electron chi connectivity index (χ2n) is 4.45. The number of aromatic nitrogens is 1. The molecule has 0 fully saturated rings. The smallest absolute Gasteiger partial charge is 0.272 e. The molecule has 0 saturated heterocycles. The number of benzene rings is 1. The van der Waals surface area contributed by atoms with Crippen LogP contribution < -0.4 is 11.1 Å². The van der Waals surface area contributed by atoms with Gasteiger partial charge in [-0.05, 0) is 31.5 Å². The molecule has 1 heterocycles. The predicted octanol–water partition coefficient (Wildman–Crippen LogP) is 2.93. The van der Waals surface area contributed by atoms with Crippen LogP contribution in [-0.2, 0) is 6.54 Å². The third-order valence-corrected chi connectivity index (χ3v) is 3.01. The Morgan fingerprint density at radius 2 is 2.10 bits per heavy atom. The minimum atomic E-state index is -0.816. The molecular formula is C14H15F2N3O. The fourth-order valence-electron chi connectivity index (χ4n) is 1.93. The first-order valence-corrected chi connectivity index (χ1v) is 6.15. The van der Waals surface area contributed by atoms with Crippen molar-refractivity contribution >= 4 is 17.3 Å². The molecule has 0 spiro atoms. The molecule has 2 rings (SSSR count). The van der Waals surface area contributed by atoms with Crippen LogP contribution in [-0.4, -0.2) is 10.5 Å². The van der Waals surface area contributed by atoms with Gasteiger partial charge in [-0.1, -0.05) is 6.07 Å². The summed E-state index contributed by atoms with van der Waals surface area (Å²) in [6, 6.07) is 3.89. The van der Waals surface area contributed by atoms with Gasteiger partial charge in [-0.25, -0.2) is 8.78 Å². The van der Waals surface area contributed by atoms with Gasteiger partial charge in [0.1, 0.15) is 17.2 Å². The summed E-state index contributed by atoms with van der Waals surface area (Å²) in [4.78, 5) is 12.1. The van der Waals surface area contributed by atoms with E-state index >= 15 is 0 Å². The molecule has 106 valence electrons. The summed E-state index contributed by atoms with van der Waals surface area (Å²) >= 11 is 0. The van der Waals surface area contributed by atoms with Crippen molar-refractivity contribution in [3.8, 4) is 0 Å². The van der Waals surface area contributed by atoms with Gasteiger partial charge >= 0.3 is 0 Å². The highest BCUT2D eigenvalue weighted by atomic mass is 19.1. The Morgan fingerprint density at radius 1 is 1.40 bits per heavy atom. The molecule has 0 aliphatic heterocycles. The van der Waals surface area contributed by atoms with Crippen molar-refractivity contribution in [2.24, 2.45) is 0 Å². The van der Waals surface area contributed by atoms with E-state index in [0.717, 1.165) is 6.07 Å². The molecule has 4 nitrogen and oxygen atoms in total. The number of amides is 1. The first-order chi connectivity index (χ1) is 9.43. The van der Waals surface area contributed by atoms with Crippen molar-refractivity contribution < 1.29 is 13.6 Å². The van der Waals surface area contributed by atoms with E-state index in [1.165, 1.54) is 19.1 Å². The zero-order chi connectivity index (χ0) is 14.9. The summed E-state index contributed by atoms with van der Waals surface area (Å²) in [5.41, 5.74) is 6.10. The lowest BCUT2D eigenvalue weighted by atomic mass is 10.2. The van der Waals surface area contributed by atoms with Crippen molar-refractivity contribution in [2.45, 2.75) is 20.4 Å². The van der Waals surface area contributed by atoms with E-state index in [2.05, 4.69) is 5.32 Å². The van der Waals surface area contributed by atoms with Crippen LogP contribution in [0.3, 0.4) is 0 Å². The molecule has 0 aliphatic rings. The monoisotopic (exact) mass is 279 g/mol. The Bertz CT molecular complexity index is 665. The summed E-state index contributed by atoms with van der Waals surface area (Å²) in [7, 11) is 0. The fraction of sp³-hybridized carbons (Fsp3) is 0.214. The molecule has 0 radical (unpaired) electrons. The predicted molar refractivity (Wildman–Crippen MR) is 73.6 cm³/mol. The largest absolute Gasteiger partial charge is 0.397 e. The summed E-state index contributed by atoms with van der Waals surface area (Å²) in [6.45, 7) is 3.86. The number of nitrogens with one attached hydrogen (secondary N) is 1. The molecule has 3 N–H and O–H groups in total. The van der Waals surface area contributed by atoms with Crippen LogP contribution in [0.2, 0.25) is 0 Å². The molecule has 0 unspecified atom stereocenters. The topological polar surface area (TPSA) is 60.0 Å². The minimum Gasteiger partial charge on any atom is -0.397 e. The second kappa shape index (κ2) is 5.32. The molecule has 0 saturated carbocycles. The van der Waals surface area contributed by atoms with E-state index in [-0.39, 0.29) is 11.3 Å². The Morgan fingerprint density at radius 3 is 2.75 bits per heavy atom. The molecule has 20 heavy (non-hydrogen) atoms. The Balaban J connectivity index is 2.35. The molecule has 6 heteroatoms. The van der Waals surface area contributed by atoms with Crippen LogP contribution in [0, 0.1) is 18.6 Å². The molecule has 0 atom stereocenters. The standard InChI is InChI=1S/C14H15F2N3O/c1-3-19-7-9(17)6-11(19)14(20)18-13-10(15)5-4-8(2)12(13)16/h4-7H,3,17H2,1-2H3,(H,18,20). The summed E-state index contributed by atoms with van der Waals surface area (Å²) < 4.78 is 29.1. The van der Waals surface area contributed by atoms with Gasteiger partial charge in [-0.2, -0.15) is 0 Å². The number of nitrogens with zero attached hydrogens (tertiary/aromatic N) is 1. The van der Waals surface area contributed by atoms with Crippen LogP contribution >= 0.6 is 0 Å². The van der Waals surface area contributed by atoms with E-state index in [4.69, 9.17) is 5.73 Å². The Hall–Kier alpha value is -2.37. The zero-order valence-corrected chi connectivity index (χ0v) is 11.2. The van der Waals surface area contributed by atoms with Crippen LogP contribution in [0.4, 0.5) is 20.2 Å². The van der Waals surface area contributed by atoms with Gasteiger partial charge < -0.3 is 15.6 Å². The number of carbonyl (C=O) groups is 1. The Labute approximate surface area is 115 Å². The van der Waals surface area contributed by atoms with E-state index in [0.29, 0.717) is 12.2 Å². The van der Waals surface area contributed by atoms with E-state index in [9.17, 15) is 13.6 Å². The minimum absolute atomic E-state index is 0.255. The number of nitrogen functional groups attached to an aromatic ring is 1. The molecule has 0 bridgehead atoms. The number of hydrogen-bond acceptors (Lipinski definition) is 2. The van der Waals surface area contributed by atoms with Crippen molar-refractivity contribution in [3.05, 3.63) is 47.3 Å². The van der Waals surface area contributed by atoms with Crippen LogP contribution in [0.25, 0.3) is 0 Å². The molecule has 2 aromatic rings. The first-order valence-electron chi connectivity index (χ1n) is 6.15. The molecule has 0 aliphatic carbocycles. The SMILES string of the molecule is CCn1cc(N)cc1C(=O)Nc1c(F)ccc(C)c1F. The highest BCUT2D eigenvalue weighted by Gasteiger charge is 2.18. The van der Waals surface area contributed by atoms with Gasteiger partial charge in [0, 0.05) is 12.7 Å². The number of halogens is 2. The Kier molecular flexibility index (Phi) is 3.74. The van der Waals surface area contributed by atoms with Gasteiger partial charge in [0.2, 0.25) is 0 Å². The third kappa shape index (κ3) is 2.49. The number of rotatable bonds is 3. The van der Waals surface area contributed by atoms with E-state index in [1.807, 2.05) is 6.92 Å². The lowest BCUT2D eigenvalue weighted by molar-refractivity contribution is 0.101. The van der Waals surface area contributed by atoms with Crippen molar-refractivity contribution in [2.75, 3.05) is 11.1 Å². The van der Waals surface area contributed by atoms with Crippen molar-refractivity contribution in [1.29, 1.82) is 0 Å². The number of nitrogens with two attached hydrogens (primary N) is 1. The van der Waals surface area contributed by atoms with Gasteiger partial charge in [0.05, 0.1) is 5.69 Å². The van der Waals surface area contributed by atoms with Gasteiger partial charge in [0.25, 0.3) is 5.91 Å². The highest BCUT2D eigenvalue weighted by molar-refractivity contribution is 6.04. The lowest BCUT2D eigenvalue weighted by Crippen LogP contribution is -2.18. The number of carbonyl (C=O) groups excluding carboxylic acids is 1. The maximum atomic E-state index is 13.8. The van der Waals surface area contributed by atoms with Crippen LogP contribution in [0.1, 0.15) is 23.0 Å². The van der Waals surface area contributed by atoms with Crippen molar-refractivity contribution in [1.82, 2.24) is 4.57 Å². The number of hydrogen-bond donors (Lipinski definition) is 2. The quantitative estimate of drug-likeness (QED) is 0.907. The average Bonchev–Trinajstić information content (AvgIpc) is 2.80. The van der Waals surface area contributed by atoms with Gasteiger partial charge in [0.15, 0.2) is 5.82 Å². The number of aryl methyl sites for hydroxylation is 2. The number of anilines is 2. The van der Waals surface area contributed by atoms with E-state index < -0.39 is 23.2 Å². The maximum Gasteiger partial charge on any atom is 0.272 e.